The van der Waals surface area contributed by atoms with E-state index in [4.69, 9.17) is 0 Å². The van der Waals surface area contributed by atoms with E-state index in [1.807, 2.05) is 0 Å². The zero-order chi connectivity index (χ0) is 14.7. The van der Waals surface area contributed by atoms with Gasteiger partial charge in [0.05, 0.1) is 0 Å². The Morgan fingerprint density at radius 2 is 1.32 bits per heavy atom. The molecule has 1 atom stereocenters. The second-order valence-corrected chi connectivity index (χ2v) is 7.84. The fourth-order valence-electron chi connectivity index (χ4n) is 2.90. The van der Waals surface area contributed by atoms with E-state index in [2.05, 4.69) is 27.7 Å². The van der Waals surface area contributed by atoms with Crippen LogP contribution in [0.3, 0.4) is 0 Å². The van der Waals surface area contributed by atoms with Crippen molar-refractivity contribution in [2.45, 2.75) is 97.1 Å². The molecule has 2 nitrogen and oxygen atoms in total. The zero-order valence-electron chi connectivity index (χ0n) is 13.5. The van der Waals surface area contributed by atoms with Crippen LogP contribution >= 0.6 is 8.03 Å². The number of rotatable bonds is 12. The predicted molar refractivity (Wildman–Crippen MR) is 86.3 cm³/mol. The van der Waals surface area contributed by atoms with E-state index in [0.717, 1.165) is 25.7 Å². The quantitative estimate of drug-likeness (QED) is 0.365. The van der Waals surface area contributed by atoms with Crippen LogP contribution < -0.4 is 0 Å². The van der Waals surface area contributed by atoms with Gasteiger partial charge in [0.25, 0.3) is 0 Å². The van der Waals surface area contributed by atoms with E-state index in [0.29, 0.717) is 5.92 Å². The summed E-state index contributed by atoms with van der Waals surface area (Å²) >= 11 is 0. The second kappa shape index (κ2) is 10.9. The zero-order valence-corrected chi connectivity index (χ0v) is 14.5. The van der Waals surface area contributed by atoms with Gasteiger partial charge in [0.15, 0.2) is 8.03 Å². The predicted octanol–water partition coefficient (Wildman–Crippen LogP) is 5.79. The lowest BCUT2D eigenvalue weighted by atomic mass is 9.84. The molecule has 1 unspecified atom stereocenters. The van der Waals surface area contributed by atoms with Gasteiger partial charge in [-0.2, -0.15) is 0 Å². The third kappa shape index (κ3) is 6.95. The molecule has 0 fully saturated rings. The summed E-state index contributed by atoms with van der Waals surface area (Å²) in [5.74, 6) is 0.312. The first kappa shape index (κ1) is 19.2. The average Bonchev–Trinajstić information content (AvgIpc) is 2.36. The van der Waals surface area contributed by atoms with Gasteiger partial charge < -0.3 is 4.89 Å². The topological polar surface area (TPSA) is 37.3 Å². The minimum atomic E-state index is -2.46. The van der Waals surface area contributed by atoms with E-state index in [9.17, 15) is 9.46 Å². The van der Waals surface area contributed by atoms with Gasteiger partial charge in [0, 0.05) is 5.16 Å². The first-order chi connectivity index (χ1) is 9.01. The van der Waals surface area contributed by atoms with Crippen molar-refractivity contribution in [2.24, 2.45) is 5.92 Å². The lowest BCUT2D eigenvalue weighted by Gasteiger charge is -2.35. The van der Waals surface area contributed by atoms with Gasteiger partial charge in [-0.1, -0.05) is 79.1 Å². The molecular weight excluding hydrogens is 255 g/mol. The highest BCUT2D eigenvalue weighted by Crippen LogP contribution is 2.49. The van der Waals surface area contributed by atoms with Crippen LogP contribution in [0.15, 0.2) is 0 Å². The van der Waals surface area contributed by atoms with Gasteiger partial charge in [-0.05, 0) is 18.8 Å². The van der Waals surface area contributed by atoms with Crippen LogP contribution in [0, 0.1) is 5.92 Å². The highest BCUT2D eigenvalue weighted by molar-refractivity contribution is 7.40. The molecule has 1 N–H and O–H groups in total. The van der Waals surface area contributed by atoms with Crippen molar-refractivity contribution in [2.75, 3.05) is 0 Å². The van der Waals surface area contributed by atoms with Crippen molar-refractivity contribution in [3.63, 3.8) is 0 Å². The Kier molecular flexibility index (Phi) is 11.0. The van der Waals surface area contributed by atoms with Crippen molar-refractivity contribution < 1.29 is 9.46 Å². The smallest absolute Gasteiger partial charge is 0.195 e. The Hall–Kier alpha value is 0.190. The Morgan fingerprint density at radius 3 is 1.58 bits per heavy atom. The molecule has 0 spiro atoms. The summed E-state index contributed by atoms with van der Waals surface area (Å²) in [6.07, 6.45) is 11.4. The Balaban J connectivity index is 4.46. The molecule has 0 aromatic rings. The van der Waals surface area contributed by atoms with Gasteiger partial charge >= 0.3 is 0 Å². The molecule has 0 aromatic carbocycles. The van der Waals surface area contributed by atoms with Gasteiger partial charge in [0.2, 0.25) is 0 Å². The van der Waals surface area contributed by atoms with Gasteiger partial charge in [-0.3, -0.25) is 4.57 Å². The number of unbranched alkanes of at least 4 members (excludes halogenated alkanes) is 6. The van der Waals surface area contributed by atoms with Crippen LogP contribution in [0.5, 0.6) is 0 Å². The first-order valence-electron chi connectivity index (χ1n) is 8.24. The van der Waals surface area contributed by atoms with Crippen molar-refractivity contribution >= 4 is 8.03 Å². The van der Waals surface area contributed by atoms with Crippen LogP contribution in [0.4, 0.5) is 0 Å². The molecule has 0 aliphatic rings. The van der Waals surface area contributed by atoms with Crippen LogP contribution in [-0.4, -0.2) is 10.0 Å². The molecule has 0 amide bonds. The third-order valence-corrected chi connectivity index (χ3v) is 6.41. The summed E-state index contributed by atoms with van der Waals surface area (Å²) in [5.41, 5.74) is 0. The highest BCUT2D eigenvalue weighted by atomic mass is 31.1. The van der Waals surface area contributed by atoms with Crippen LogP contribution in [0.1, 0.15) is 91.9 Å². The van der Waals surface area contributed by atoms with Gasteiger partial charge in [-0.15, -0.1) is 0 Å². The first-order valence-corrected chi connectivity index (χ1v) is 9.60. The molecule has 0 bridgehead atoms. The van der Waals surface area contributed by atoms with E-state index in [1.165, 1.54) is 38.5 Å². The second-order valence-electron chi connectivity index (χ2n) is 6.24. The molecule has 3 heteroatoms. The fraction of sp³-hybridized carbons (Fsp3) is 1.00. The molecule has 0 saturated carbocycles. The minimum Gasteiger partial charge on any atom is -0.346 e. The van der Waals surface area contributed by atoms with Crippen molar-refractivity contribution in [1.82, 2.24) is 0 Å². The standard InChI is InChI=1S/C16H35O2P/c1-5-7-9-11-13-16(15(3)4,19(17)18)14-12-10-8-6-2/h15,19H,5-14H2,1-4H3,(H,17,18). The molecule has 19 heavy (non-hydrogen) atoms. The van der Waals surface area contributed by atoms with E-state index in [1.54, 1.807) is 0 Å². The van der Waals surface area contributed by atoms with Gasteiger partial charge in [0.1, 0.15) is 0 Å². The van der Waals surface area contributed by atoms with Crippen molar-refractivity contribution in [1.29, 1.82) is 0 Å². The molecule has 0 radical (unpaired) electrons. The molecule has 0 aliphatic heterocycles. The molecule has 116 valence electrons. The van der Waals surface area contributed by atoms with E-state index in [-0.39, 0.29) is 5.16 Å². The van der Waals surface area contributed by atoms with Crippen LogP contribution in [0.25, 0.3) is 0 Å². The average molecular weight is 290 g/mol. The Labute approximate surface area is 121 Å². The summed E-state index contributed by atoms with van der Waals surface area (Å²) in [5, 5.41) is -0.299. The third-order valence-electron chi connectivity index (χ3n) is 4.48. The molecule has 0 aromatic heterocycles. The highest BCUT2D eigenvalue weighted by Gasteiger charge is 2.37. The van der Waals surface area contributed by atoms with Crippen LogP contribution in [0.2, 0.25) is 0 Å². The van der Waals surface area contributed by atoms with Gasteiger partial charge in [-0.25, -0.2) is 0 Å². The maximum Gasteiger partial charge on any atom is 0.195 e. The molecule has 0 heterocycles. The largest absolute Gasteiger partial charge is 0.346 e. The summed E-state index contributed by atoms with van der Waals surface area (Å²) in [6.45, 7) is 8.65. The van der Waals surface area contributed by atoms with Crippen LogP contribution in [-0.2, 0) is 4.57 Å². The maximum atomic E-state index is 12.0. The maximum absolute atomic E-state index is 12.0. The summed E-state index contributed by atoms with van der Waals surface area (Å²) in [6, 6.07) is 0. The Bertz CT molecular complexity index is 227. The SMILES string of the molecule is CCCCCCC(CCCCCC)(C(C)C)[PH](=O)O. The molecule has 0 aliphatic carbocycles. The number of hydrogen-bond acceptors (Lipinski definition) is 1. The normalized spacial score (nSPS) is 14.0. The summed E-state index contributed by atoms with van der Waals surface area (Å²) in [7, 11) is -2.46. The molecule has 0 rings (SSSR count). The summed E-state index contributed by atoms with van der Waals surface area (Å²) in [4.78, 5) is 9.89. The minimum absolute atomic E-state index is 0.299. The monoisotopic (exact) mass is 290 g/mol. The Morgan fingerprint density at radius 1 is 0.895 bits per heavy atom. The lowest BCUT2D eigenvalue weighted by Crippen LogP contribution is -2.31. The van der Waals surface area contributed by atoms with E-state index >= 15 is 0 Å². The lowest BCUT2D eigenvalue weighted by molar-refractivity contribution is 0.313. The summed E-state index contributed by atoms with van der Waals surface area (Å²) < 4.78 is 12.0. The fourth-order valence-corrected chi connectivity index (χ4v) is 4.17. The number of hydrogen-bond donors (Lipinski definition) is 1. The van der Waals surface area contributed by atoms with E-state index < -0.39 is 8.03 Å². The van der Waals surface area contributed by atoms with Crippen molar-refractivity contribution in [3.8, 4) is 0 Å². The molecule has 0 saturated heterocycles. The molecular formula is C16H35O2P. The van der Waals surface area contributed by atoms with Crippen molar-refractivity contribution in [3.05, 3.63) is 0 Å².